The van der Waals surface area contributed by atoms with E-state index in [-0.39, 0.29) is 29.0 Å². The molecule has 32 heavy (non-hydrogen) atoms. The number of carbonyl (C=O) groups is 2. The van der Waals surface area contributed by atoms with E-state index in [1.165, 1.54) is 12.1 Å². The minimum atomic E-state index is -3.86. The summed E-state index contributed by atoms with van der Waals surface area (Å²) in [6.45, 7) is -0.0769. The maximum absolute atomic E-state index is 12.8. The predicted molar refractivity (Wildman–Crippen MR) is 119 cm³/mol. The second kappa shape index (κ2) is 7.91. The van der Waals surface area contributed by atoms with E-state index in [1.807, 2.05) is 30.3 Å². The van der Waals surface area contributed by atoms with Gasteiger partial charge < -0.3 is 5.32 Å². The Morgan fingerprint density at radius 2 is 1.59 bits per heavy atom. The van der Waals surface area contributed by atoms with Crippen LogP contribution in [0.3, 0.4) is 0 Å². The molecule has 1 atom stereocenters. The minimum absolute atomic E-state index is 0.0192. The molecule has 1 aliphatic heterocycles. The summed E-state index contributed by atoms with van der Waals surface area (Å²) >= 11 is 0. The van der Waals surface area contributed by atoms with E-state index in [9.17, 15) is 18.0 Å². The number of carbonyl (C=O) groups excluding carboxylic acids is 2. The van der Waals surface area contributed by atoms with Crippen molar-refractivity contribution in [2.45, 2.75) is 30.3 Å². The molecule has 7 heteroatoms. The van der Waals surface area contributed by atoms with Gasteiger partial charge in [-0.15, -0.1) is 0 Å². The zero-order chi connectivity index (χ0) is 22.3. The fourth-order valence-electron chi connectivity index (χ4n) is 4.10. The molecule has 2 aliphatic rings. The van der Waals surface area contributed by atoms with Crippen LogP contribution in [0.5, 0.6) is 0 Å². The van der Waals surface area contributed by atoms with Crippen molar-refractivity contribution in [1.29, 1.82) is 0 Å². The summed E-state index contributed by atoms with van der Waals surface area (Å²) < 4.78 is 26.4. The van der Waals surface area contributed by atoms with Gasteiger partial charge in [0.25, 0.3) is 21.8 Å². The van der Waals surface area contributed by atoms with Crippen LogP contribution in [0, 0.1) is 5.92 Å². The van der Waals surface area contributed by atoms with Crippen molar-refractivity contribution >= 4 is 21.8 Å². The first-order chi connectivity index (χ1) is 15.4. The van der Waals surface area contributed by atoms with Crippen LogP contribution < -0.4 is 5.32 Å². The number of rotatable bonds is 6. The maximum atomic E-state index is 12.8. The van der Waals surface area contributed by atoms with Crippen LogP contribution in [0.2, 0.25) is 0 Å². The van der Waals surface area contributed by atoms with Crippen molar-refractivity contribution in [1.82, 2.24) is 9.62 Å². The van der Waals surface area contributed by atoms with E-state index in [0.29, 0.717) is 17.0 Å². The molecule has 0 saturated heterocycles. The molecule has 1 heterocycles. The van der Waals surface area contributed by atoms with Gasteiger partial charge in [0.05, 0.1) is 18.2 Å². The molecule has 3 aromatic carbocycles. The molecular formula is C25H22N2O4S. The quantitative estimate of drug-likeness (QED) is 0.622. The Balaban J connectivity index is 1.31. The number of nitrogens with zero attached hydrogens (tertiary/aromatic N) is 1. The molecule has 0 unspecified atom stereocenters. The van der Waals surface area contributed by atoms with Crippen molar-refractivity contribution in [3.63, 3.8) is 0 Å². The third-order valence-electron chi connectivity index (χ3n) is 5.99. The highest BCUT2D eigenvalue weighted by atomic mass is 32.2. The number of amides is 2. The summed E-state index contributed by atoms with van der Waals surface area (Å²) in [5.74, 6) is -0.249. The highest BCUT2D eigenvalue weighted by Crippen LogP contribution is 2.41. The van der Waals surface area contributed by atoms with Crippen molar-refractivity contribution in [2.24, 2.45) is 5.92 Å². The van der Waals surface area contributed by atoms with Gasteiger partial charge >= 0.3 is 0 Å². The van der Waals surface area contributed by atoms with Gasteiger partial charge in [-0.3, -0.25) is 9.59 Å². The summed E-state index contributed by atoms with van der Waals surface area (Å²) in [7, 11) is -3.86. The molecule has 5 rings (SSSR count). The molecule has 0 radical (unpaired) electrons. The molecular weight excluding hydrogens is 424 g/mol. The van der Waals surface area contributed by atoms with Gasteiger partial charge in [-0.05, 0) is 54.2 Å². The number of benzene rings is 3. The Labute approximate surface area is 186 Å². The Hall–Kier alpha value is -3.45. The molecule has 1 N–H and O–H groups in total. The SMILES string of the molecule is O=C(N[C@@H](c1ccccc1)C1CC1)c1ccc(CN2C(=O)c3ccccc3S2(=O)=O)cc1. The third-order valence-corrected chi connectivity index (χ3v) is 7.78. The van der Waals surface area contributed by atoms with Gasteiger partial charge in [0.2, 0.25) is 0 Å². The second-order valence-electron chi connectivity index (χ2n) is 8.21. The smallest absolute Gasteiger partial charge is 0.269 e. The zero-order valence-corrected chi connectivity index (χ0v) is 18.1. The van der Waals surface area contributed by atoms with Crippen LogP contribution in [-0.4, -0.2) is 24.5 Å². The lowest BCUT2D eigenvalue weighted by Crippen LogP contribution is -2.30. The summed E-state index contributed by atoms with van der Waals surface area (Å²) in [6, 6.07) is 22.9. The van der Waals surface area contributed by atoms with Crippen LogP contribution in [0.4, 0.5) is 0 Å². The summed E-state index contributed by atoms with van der Waals surface area (Å²) in [5, 5.41) is 3.14. The van der Waals surface area contributed by atoms with Crippen LogP contribution in [0.1, 0.15) is 50.7 Å². The van der Waals surface area contributed by atoms with E-state index < -0.39 is 15.9 Å². The average Bonchev–Trinajstić information content (AvgIpc) is 3.64. The van der Waals surface area contributed by atoms with Crippen LogP contribution in [0.25, 0.3) is 0 Å². The monoisotopic (exact) mass is 446 g/mol. The average molecular weight is 447 g/mol. The highest BCUT2D eigenvalue weighted by molar-refractivity contribution is 7.90. The van der Waals surface area contributed by atoms with E-state index >= 15 is 0 Å². The molecule has 6 nitrogen and oxygen atoms in total. The summed E-state index contributed by atoms with van der Waals surface area (Å²) in [6.07, 6.45) is 2.19. The fraction of sp³-hybridized carbons (Fsp3) is 0.200. The number of sulfonamides is 1. The molecule has 3 aromatic rings. The number of hydrogen-bond donors (Lipinski definition) is 1. The van der Waals surface area contributed by atoms with E-state index in [0.717, 1.165) is 22.7 Å². The number of fused-ring (bicyclic) bond motifs is 1. The second-order valence-corrected chi connectivity index (χ2v) is 10.0. The Morgan fingerprint density at radius 1 is 0.938 bits per heavy atom. The molecule has 0 aromatic heterocycles. The van der Waals surface area contributed by atoms with E-state index in [2.05, 4.69) is 5.32 Å². The van der Waals surface area contributed by atoms with Gasteiger partial charge in [0, 0.05) is 5.56 Å². The Bertz CT molecular complexity index is 1280. The normalized spacial score (nSPS) is 17.6. The van der Waals surface area contributed by atoms with Crippen LogP contribution >= 0.6 is 0 Å². The first-order valence-electron chi connectivity index (χ1n) is 10.6. The van der Waals surface area contributed by atoms with Crippen LogP contribution in [0.15, 0.2) is 83.8 Å². The fourth-order valence-corrected chi connectivity index (χ4v) is 5.66. The van der Waals surface area contributed by atoms with Crippen LogP contribution in [-0.2, 0) is 16.6 Å². The summed E-state index contributed by atoms with van der Waals surface area (Å²) in [5.41, 5.74) is 2.41. The Kier molecular flexibility index (Phi) is 5.06. The van der Waals surface area contributed by atoms with Gasteiger partial charge in [0.15, 0.2) is 0 Å². The standard InChI is InChI=1S/C25H22N2O4S/c28-24(26-23(19-14-15-19)18-6-2-1-3-7-18)20-12-10-17(11-13-20)16-27-25(29)21-8-4-5-9-22(21)32(27,30)31/h1-13,19,23H,14-16H2,(H,26,28)/t23-/m0/s1. The van der Waals surface area contributed by atoms with E-state index in [4.69, 9.17) is 0 Å². The largest absolute Gasteiger partial charge is 0.345 e. The van der Waals surface area contributed by atoms with E-state index in [1.54, 1.807) is 36.4 Å². The molecule has 0 spiro atoms. The Morgan fingerprint density at radius 3 is 2.25 bits per heavy atom. The highest BCUT2D eigenvalue weighted by Gasteiger charge is 2.40. The lowest BCUT2D eigenvalue weighted by Gasteiger charge is -2.19. The zero-order valence-electron chi connectivity index (χ0n) is 17.3. The van der Waals surface area contributed by atoms with Crippen molar-refractivity contribution < 1.29 is 18.0 Å². The first-order valence-corrected chi connectivity index (χ1v) is 12.0. The van der Waals surface area contributed by atoms with Crippen molar-refractivity contribution in [3.05, 3.63) is 101 Å². The molecule has 162 valence electrons. The van der Waals surface area contributed by atoms with Crippen molar-refractivity contribution in [2.75, 3.05) is 0 Å². The number of nitrogens with one attached hydrogen (secondary N) is 1. The van der Waals surface area contributed by atoms with Crippen molar-refractivity contribution in [3.8, 4) is 0 Å². The predicted octanol–water partition coefficient (Wildman–Crippen LogP) is 3.91. The molecule has 1 aliphatic carbocycles. The maximum Gasteiger partial charge on any atom is 0.269 e. The third kappa shape index (κ3) is 3.69. The molecule has 2 amide bonds. The van der Waals surface area contributed by atoms with Gasteiger partial charge in [-0.1, -0.05) is 54.6 Å². The lowest BCUT2D eigenvalue weighted by molar-refractivity contribution is 0.0863. The lowest BCUT2D eigenvalue weighted by atomic mass is 10.0. The molecule has 1 saturated carbocycles. The van der Waals surface area contributed by atoms with Gasteiger partial charge in [0.1, 0.15) is 4.90 Å². The molecule has 0 bridgehead atoms. The van der Waals surface area contributed by atoms with Gasteiger partial charge in [-0.25, -0.2) is 12.7 Å². The number of hydrogen-bond acceptors (Lipinski definition) is 4. The first kappa shape index (κ1) is 20.5. The topological polar surface area (TPSA) is 83.6 Å². The minimum Gasteiger partial charge on any atom is -0.345 e. The molecule has 1 fully saturated rings. The van der Waals surface area contributed by atoms with Gasteiger partial charge in [-0.2, -0.15) is 0 Å². The summed E-state index contributed by atoms with van der Waals surface area (Å²) in [4.78, 5) is 25.5.